The maximum Gasteiger partial charge on any atom is 0.261 e. The van der Waals surface area contributed by atoms with Gasteiger partial charge in [0.2, 0.25) is 0 Å². The average Bonchev–Trinajstić information content (AvgIpc) is 2.81. The summed E-state index contributed by atoms with van der Waals surface area (Å²) in [5.74, 6) is 2.56. The largest absolute Gasteiger partial charge is 0.399 e. The molecule has 2 aromatic rings. The van der Waals surface area contributed by atoms with E-state index in [0.717, 1.165) is 34.2 Å². The van der Waals surface area contributed by atoms with Gasteiger partial charge in [-0.1, -0.05) is 0 Å². The van der Waals surface area contributed by atoms with Crippen molar-refractivity contribution in [1.29, 1.82) is 0 Å². The van der Waals surface area contributed by atoms with E-state index in [1.165, 1.54) is 11.3 Å². The van der Waals surface area contributed by atoms with Crippen LogP contribution in [-0.2, 0) is 0 Å². The lowest BCUT2D eigenvalue weighted by molar-refractivity contribution is 0.0957. The third kappa shape index (κ3) is 3.49. The zero-order valence-corrected chi connectivity index (χ0v) is 11.4. The summed E-state index contributed by atoms with van der Waals surface area (Å²) in [6, 6.07) is 7.56. The van der Waals surface area contributed by atoms with Crippen LogP contribution >= 0.6 is 11.3 Å². The number of nitrogens with one attached hydrogen (secondary N) is 1. The maximum atomic E-state index is 12.0. The molecule has 0 fully saturated rings. The van der Waals surface area contributed by atoms with Crippen molar-refractivity contribution in [3.8, 4) is 12.3 Å². The Balaban J connectivity index is 1.96. The number of hydrogen-bond donors (Lipinski definition) is 2. The van der Waals surface area contributed by atoms with Crippen molar-refractivity contribution in [3.05, 3.63) is 29.1 Å². The van der Waals surface area contributed by atoms with Crippen LogP contribution in [0.25, 0.3) is 10.1 Å². The van der Waals surface area contributed by atoms with Crippen LogP contribution in [-0.4, -0.2) is 12.5 Å². The van der Waals surface area contributed by atoms with E-state index in [2.05, 4.69) is 11.2 Å². The lowest BCUT2D eigenvalue weighted by atomic mass is 10.2. The first-order valence-corrected chi connectivity index (χ1v) is 7.03. The van der Waals surface area contributed by atoms with Crippen LogP contribution in [0.5, 0.6) is 0 Å². The second kappa shape index (κ2) is 6.26. The number of unbranched alkanes of at least 4 members (excludes halogenated alkanes) is 2. The number of terminal acetylenes is 1. The molecule has 0 unspecified atom stereocenters. The molecule has 4 heteroatoms. The number of benzene rings is 1. The van der Waals surface area contributed by atoms with Crippen LogP contribution in [0, 0.1) is 12.3 Å². The van der Waals surface area contributed by atoms with Gasteiger partial charge in [-0.05, 0) is 42.5 Å². The summed E-state index contributed by atoms with van der Waals surface area (Å²) < 4.78 is 1.08. The molecule has 0 saturated carbocycles. The van der Waals surface area contributed by atoms with Crippen molar-refractivity contribution >= 4 is 33.0 Å². The number of fused-ring (bicyclic) bond motifs is 1. The number of carbonyl (C=O) groups excluding carboxylic acids is 1. The molecule has 1 heterocycles. The van der Waals surface area contributed by atoms with E-state index < -0.39 is 0 Å². The highest BCUT2D eigenvalue weighted by atomic mass is 32.1. The Kier molecular flexibility index (Phi) is 4.43. The molecule has 3 N–H and O–H groups in total. The zero-order valence-electron chi connectivity index (χ0n) is 10.6. The molecule has 0 aliphatic carbocycles. The number of amides is 1. The van der Waals surface area contributed by atoms with Crippen molar-refractivity contribution in [2.45, 2.75) is 19.3 Å². The average molecular weight is 272 g/mol. The van der Waals surface area contributed by atoms with Gasteiger partial charge in [0.1, 0.15) is 0 Å². The first-order chi connectivity index (χ1) is 9.20. The molecule has 1 aromatic carbocycles. The van der Waals surface area contributed by atoms with E-state index in [0.29, 0.717) is 12.2 Å². The van der Waals surface area contributed by atoms with E-state index in [9.17, 15) is 4.79 Å². The fourth-order valence-corrected chi connectivity index (χ4v) is 2.77. The van der Waals surface area contributed by atoms with E-state index >= 15 is 0 Å². The van der Waals surface area contributed by atoms with Gasteiger partial charge in [0.05, 0.1) is 4.88 Å². The normalized spacial score (nSPS) is 10.3. The van der Waals surface area contributed by atoms with Crippen molar-refractivity contribution in [2.75, 3.05) is 12.3 Å². The maximum absolute atomic E-state index is 12.0. The van der Waals surface area contributed by atoms with Crippen molar-refractivity contribution in [1.82, 2.24) is 5.32 Å². The summed E-state index contributed by atoms with van der Waals surface area (Å²) in [4.78, 5) is 12.7. The number of rotatable bonds is 5. The summed E-state index contributed by atoms with van der Waals surface area (Å²) in [5.41, 5.74) is 6.44. The lowest BCUT2D eigenvalue weighted by Crippen LogP contribution is -2.23. The first kappa shape index (κ1) is 13.4. The number of hydrogen-bond acceptors (Lipinski definition) is 3. The van der Waals surface area contributed by atoms with Gasteiger partial charge in [-0.3, -0.25) is 4.79 Å². The van der Waals surface area contributed by atoms with Gasteiger partial charge in [0, 0.05) is 23.4 Å². The van der Waals surface area contributed by atoms with Gasteiger partial charge in [-0.25, -0.2) is 0 Å². The molecule has 1 amide bonds. The number of nitrogens with two attached hydrogens (primary N) is 1. The standard InChI is InChI=1S/C15H16N2OS/c1-2-3-4-5-8-17-15(18)14-10-11-9-12(16)6-7-13(11)19-14/h1,6-7,9-10H,3-5,8,16H2,(H,17,18). The molecule has 0 radical (unpaired) electrons. The molecule has 19 heavy (non-hydrogen) atoms. The highest BCUT2D eigenvalue weighted by Gasteiger charge is 2.09. The minimum atomic E-state index is -0.0273. The predicted octanol–water partition coefficient (Wildman–Crippen LogP) is 3.02. The molecule has 0 saturated heterocycles. The fraction of sp³-hybridized carbons (Fsp3) is 0.267. The molecule has 0 aliphatic heterocycles. The van der Waals surface area contributed by atoms with Gasteiger partial charge in [0.15, 0.2) is 0 Å². The number of carbonyl (C=O) groups is 1. The van der Waals surface area contributed by atoms with Crippen LogP contribution < -0.4 is 11.1 Å². The monoisotopic (exact) mass is 272 g/mol. The first-order valence-electron chi connectivity index (χ1n) is 6.21. The fourth-order valence-electron chi connectivity index (χ4n) is 1.81. The van der Waals surface area contributed by atoms with Crippen LogP contribution in [0.15, 0.2) is 24.3 Å². The Morgan fingerprint density at radius 2 is 2.21 bits per heavy atom. The highest BCUT2D eigenvalue weighted by Crippen LogP contribution is 2.27. The molecular formula is C15H16N2OS. The van der Waals surface area contributed by atoms with E-state index in [1.807, 2.05) is 24.3 Å². The van der Waals surface area contributed by atoms with Crippen molar-refractivity contribution in [3.63, 3.8) is 0 Å². The molecular weight excluding hydrogens is 256 g/mol. The number of thiophene rings is 1. The Hall–Kier alpha value is -1.99. The van der Waals surface area contributed by atoms with Crippen molar-refractivity contribution < 1.29 is 4.79 Å². The Morgan fingerprint density at radius 3 is 3.00 bits per heavy atom. The molecule has 0 bridgehead atoms. The summed E-state index contributed by atoms with van der Waals surface area (Å²) in [6.45, 7) is 0.664. The minimum Gasteiger partial charge on any atom is -0.399 e. The zero-order chi connectivity index (χ0) is 13.7. The summed E-state index contributed by atoms with van der Waals surface area (Å²) in [5, 5.41) is 3.92. The second-order valence-electron chi connectivity index (χ2n) is 4.33. The molecule has 0 spiro atoms. The van der Waals surface area contributed by atoms with Crippen LogP contribution in [0.1, 0.15) is 28.9 Å². The predicted molar refractivity (Wildman–Crippen MR) is 81.3 cm³/mol. The Labute approximate surface area is 116 Å². The quantitative estimate of drug-likeness (QED) is 0.499. The third-order valence-electron chi connectivity index (χ3n) is 2.80. The minimum absolute atomic E-state index is 0.0273. The van der Waals surface area contributed by atoms with Crippen LogP contribution in [0.2, 0.25) is 0 Å². The molecule has 3 nitrogen and oxygen atoms in total. The number of nitrogen functional groups attached to an aromatic ring is 1. The Morgan fingerprint density at radius 1 is 1.37 bits per heavy atom. The highest BCUT2D eigenvalue weighted by molar-refractivity contribution is 7.20. The molecule has 1 aromatic heterocycles. The SMILES string of the molecule is C#CCCCCNC(=O)c1cc2cc(N)ccc2s1. The summed E-state index contributed by atoms with van der Waals surface area (Å²) in [7, 11) is 0. The van der Waals surface area contributed by atoms with E-state index in [-0.39, 0.29) is 5.91 Å². The van der Waals surface area contributed by atoms with Crippen LogP contribution in [0.3, 0.4) is 0 Å². The van der Waals surface area contributed by atoms with Gasteiger partial charge in [0.25, 0.3) is 5.91 Å². The molecule has 98 valence electrons. The van der Waals surface area contributed by atoms with E-state index in [1.54, 1.807) is 0 Å². The second-order valence-corrected chi connectivity index (χ2v) is 5.41. The van der Waals surface area contributed by atoms with Gasteiger partial charge in [-0.15, -0.1) is 23.7 Å². The Bertz CT molecular complexity index is 625. The molecule has 0 aliphatic rings. The smallest absolute Gasteiger partial charge is 0.261 e. The van der Waals surface area contributed by atoms with Crippen LogP contribution in [0.4, 0.5) is 5.69 Å². The van der Waals surface area contributed by atoms with Gasteiger partial charge in [-0.2, -0.15) is 0 Å². The van der Waals surface area contributed by atoms with Gasteiger partial charge >= 0.3 is 0 Å². The van der Waals surface area contributed by atoms with Crippen molar-refractivity contribution in [2.24, 2.45) is 0 Å². The molecule has 0 atom stereocenters. The summed E-state index contributed by atoms with van der Waals surface area (Å²) in [6.07, 6.45) is 7.79. The lowest BCUT2D eigenvalue weighted by Gasteiger charge is -2.01. The topological polar surface area (TPSA) is 55.1 Å². The number of anilines is 1. The van der Waals surface area contributed by atoms with Gasteiger partial charge < -0.3 is 11.1 Å². The summed E-state index contributed by atoms with van der Waals surface area (Å²) >= 11 is 1.48. The third-order valence-corrected chi connectivity index (χ3v) is 3.91. The van der Waals surface area contributed by atoms with E-state index in [4.69, 9.17) is 12.2 Å². The molecule has 2 rings (SSSR count).